The number of carboxylic acid groups (broad SMARTS) is 1. The molecule has 104 valence electrons. The molecule has 1 aromatic heterocycles. The van der Waals surface area contributed by atoms with Crippen molar-refractivity contribution in [2.75, 3.05) is 6.61 Å². The summed E-state index contributed by atoms with van der Waals surface area (Å²) >= 11 is 0. The fourth-order valence-corrected chi connectivity index (χ4v) is 2.32. The fourth-order valence-electron chi connectivity index (χ4n) is 2.32. The minimum absolute atomic E-state index is 0.0815. The summed E-state index contributed by atoms with van der Waals surface area (Å²) in [5.41, 5.74) is 0.199. The topological polar surface area (TPSA) is 64.3 Å². The SMILES string of the molecule is C[C@@H]1COc2c(C(=O)O)c(-c3ccccc3F)nn2C1. The van der Waals surface area contributed by atoms with Crippen LogP contribution in [-0.4, -0.2) is 27.5 Å². The van der Waals surface area contributed by atoms with E-state index in [0.29, 0.717) is 13.2 Å². The van der Waals surface area contributed by atoms with Gasteiger partial charge in [0.25, 0.3) is 0 Å². The Kier molecular flexibility index (Phi) is 2.93. The molecule has 0 fully saturated rings. The number of fused-ring (bicyclic) bond motifs is 1. The third kappa shape index (κ3) is 1.93. The molecule has 0 amide bonds. The molecule has 5 nitrogen and oxygen atoms in total. The van der Waals surface area contributed by atoms with E-state index in [1.165, 1.54) is 16.8 Å². The molecule has 0 saturated carbocycles. The molecule has 2 heterocycles. The summed E-state index contributed by atoms with van der Waals surface area (Å²) in [4.78, 5) is 11.5. The molecule has 1 aliphatic rings. The van der Waals surface area contributed by atoms with E-state index in [1.54, 1.807) is 12.1 Å². The van der Waals surface area contributed by atoms with Crippen LogP contribution in [0.3, 0.4) is 0 Å². The first-order chi connectivity index (χ1) is 9.58. The first kappa shape index (κ1) is 12.7. The maximum absolute atomic E-state index is 13.9. The highest BCUT2D eigenvalue weighted by atomic mass is 19.1. The predicted octanol–water partition coefficient (Wildman–Crippen LogP) is 2.42. The van der Waals surface area contributed by atoms with Crippen molar-refractivity contribution in [3.63, 3.8) is 0 Å². The fraction of sp³-hybridized carbons (Fsp3) is 0.286. The van der Waals surface area contributed by atoms with Crippen molar-refractivity contribution in [3.8, 4) is 17.1 Å². The van der Waals surface area contributed by atoms with E-state index in [4.69, 9.17) is 4.74 Å². The molecule has 1 aliphatic heterocycles. The quantitative estimate of drug-likeness (QED) is 0.914. The number of rotatable bonds is 2. The summed E-state index contributed by atoms with van der Waals surface area (Å²) in [6.45, 7) is 2.97. The van der Waals surface area contributed by atoms with Crippen molar-refractivity contribution in [1.29, 1.82) is 0 Å². The van der Waals surface area contributed by atoms with Crippen molar-refractivity contribution in [2.24, 2.45) is 5.92 Å². The van der Waals surface area contributed by atoms with Gasteiger partial charge in [0.2, 0.25) is 5.88 Å². The summed E-state index contributed by atoms with van der Waals surface area (Å²) in [5.74, 6) is -1.23. The number of nitrogens with zero attached hydrogens (tertiary/aromatic N) is 2. The Bertz CT molecular complexity index is 681. The van der Waals surface area contributed by atoms with Crippen LogP contribution in [0, 0.1) is 11.7 Å². The smallest absolute Gasteiger partial charge is 0.343 e. The second kappa shape index (κ2) is 4.63. The summed E-state index contributed by atoms with van der Waals surface area (Å²) in [6, 6.07) is 5.99. The van der Waals surface area contributed by atoms with Crippen LogP contribution in [0.4, 0.5) is 4.39 Å². The van der Waals surface area contributed by atoms with Crippen LogP contribution in [0.1, 0.15) is 17.3 Å². The third-order valence-electron chi connectivity index (χ3n) is 3.24. The molecule has 0 unspecified atom stereocenters. The second-order valence-corrected chi connectivity index (χ2v) is 4.91. The standard InChI is InChI=1S/C14H13FN2O3/c1-8-6-17-13(20-7-8)11(14(18)19)12(16-17)9-4-2-3-5-10(9)15/h2-5,8H,6-7H2,1H3,(H,18,19)/t8-/m0/s1. The average Bonchev–Trinajstić information content (AvgIpc) is 2.77. The van der Waals surface area contributed by atoms with Crippen LogP contribution < -0.4 is 4.74 Å². The van der Waals surface area contributed by atoms with Gasteiger partial charge in [-0.05, 0) is 12.1 Å². The molecule has 1 N–H and O–H groups in total. The Morgan fingerprint density at radius 3 is 2.95 bits per heavy atom. The zero-order chi connectivity index (χ0) is 14.3. The number of aromatic nitrogens is 2. The van der Waals surface area contributed by atoms with Gasteiger partial charge in [-0.25, -0.2) is 13.9 Å². The van der Waals surface area contributed by atoms with Crippen molar-refractivity contribution >= 4 is 5.97 Å². The van der Waals surface area contributed by atoms with Crippen LogP contribution in [0.2, 0.25) is 0 Å². The molecule has 2 aromatic rings. The van der Waals surface area contributed by atoms with E-state index in [2.05, 4.69) is 5.10 Å². The van der Waals surface area contributed by atoms with Crippen LogP contribution >= 0.6 is 0 Å². The zero-order valence-corrected chi connectivity index (χ0v) is 10.8. The van der Waals surface area contributed by atoms with E-state index >= 15 is 0 Å². The average molecular weight is 276 g/mol. The monoisotopic (exact) mass is 276 g/mol. The largest absolute Gasteiger partial charge is 0.477 e. The van der Waals surface area contributed by atoms with Gasteiger partial charge >= 0.3 is 5.97 Å². The van der Waals surface area contributed by atoms with E-state index in [-0.39, 0.29) is 28.6 Å². The van der Waals surface area contributed by atoms with Gasteiger partial charge in [-0.3, -0.25) is 0 Å². The molecular formula is C14H13FN2O3. The number of carboxylic acids is 1. The van der Waals surface area contributed by atoms with E-state index < -0.39 is 11.8 Å². The van der Waals surface area contributed by atoms with Crippen LogP contribution in [0.15, 0.2) is 24.3 Å². The number of hydrogen-bond acceptors (Lipinski definition) is 3. The van der Waals surface area contributed by atoms with Crippen molar-refractivity contribution in [1.82, 2.24) is 9.78 Å². The number of benzene rings is 1. The minimum atomic E-state index is -1.17. The maximum Gasteiger partial charge on any atom is 0.343 e. The highest BCUT2D eigenvalue weighted by molar-refractivity contribution is 5.97. The molecule has 0 radical (unpaired) electrons. The van der Waals surface area contributed by atoms with E-state index in [1.807, 2.05) is 6.92 Å². The molecule has 1 aromatic carbocycles. The van der Waals surface area contributed by atoms with Gasteiger partial charge in [0, 0.05) is 11.5 Å². The lowest BCUT2D eigenvalue weighted by Gasteiger charge is -2.20. The number of ether oxygens (including phenoxy) is 1. The summed E-state index contributed by atoms with van der Waals surface area (Å²) in [5, 5.41) is 13.6. The molecule has 1 atom stereocenters. The highest BCUT2D eigenvalue weighted by Gasteiger charge is 2.30. The molecule has 0 aliphatic carbocycles. The summed E-state index contributed by atoms with van der Waals surface area (Å²) in [6.07, 6.45) is 0. The van der Waals surface area contributed by atoms with Crippen molar-refractivity contribution in [2.45, 2.75) is 13.5 Å². The minimum Gasteiger partial charge on any atom is -0.477 e. The predicted molar refractivity (Wildman–Crippen MR) is 69.2 cm³/mol. The van der Waals surface area contributed by atoms with Gasteiger partial charge in [0.1, 0.15) is 17.1 Å². The Hall–Kier alpha value is -2.37. The van der Waals surface area contributed by atoms with Gasteiger partial charge in [-0.2, -0.15) is 5.10 Å². The maximum atomic E-state index is 13.9. The molecule has 3 rings (SSSR count). The molecule has 0 bridgehead atoms. The van der Waals surface area contributed by atoms with Crippen LogP contribution in [0.25, 0.3) is 11.3 Å². The van der Waals surface area contributed by atoms with E-state index in [9.17, 15) is 14.3 Å². The molecule has 0 spiro atoms. The van der Waals surface area contributed by atoms with Gasteiger partial charge in [0.05, 0.1) is 13.2 Å². The molecule has 20 heavy (non-hydrogen) atoms. The third-order valence-corrected chi connectivity index (χ3v) is 3.24. The summed E-state index contributed by atoms with van der Waals surface area (Å²) < 4.78 is 20.8. The zero-order valence-electron chi connectivity index (χ0n) is 10.8. The Balaban J connectivity index is 2.21. The lowest BCUT2D eigenvalue weighted by Crippen LogP contribution is -2.24. The van der Waals surface area contributed by atoms with Crippen molar-refractivity contribution < 1.29 is 19.0 Å². The van der Waals surface area contributed by atoms with Crippen molar-refractivity contribution in [3.05, 3.63) is 35.6 Å². The lowest BCUT2D eigenvalue weighted by atomic mass is 10.1. The second-order valence-electron chi connectivity index (χ2n) is 4.91. The van der Waals surface area contributed by atoms with Gasteiger partial charge in [-0.1, -0.05) is 19.1 Å². The lowest BCUT2D eigenvalue weighted by molar-refractivity contribution is 0.0687. The first-order valence-corrected chi connectivity index (χ1v) is 6.29. The molecule has 6 heteroatoms. The van der Waals surface area contributed by atoms with E-state index in [0.717, 1.165) is 0 Å². The number of aromatic carboxylic acids is 1. The first-order valence-electron chi connectivity index (χ1n) is 6.29. The number of halogens is 1. The van der Waals surface area contributed by atoms with Gasteiger partial charge < -0.3 is 9.84 Å². The number of hydrogen-bond donors (Lipinski definition) is 1. The Morgan fingerprint density at radius 1 is 1.50 bits per heavy atom. The highest BCUT2D eigenvalue weighted by Crippen LogP contribution is 2.34. The number of carbonyl (C=O) groups is 1. The Labute approximate surface area is 114 Å². The molecular weight excluding hydrogens is 263 g/mol. The Morgan fingerprint density at radius 2 is 2.25 bits per heavy atom. The van der Waals surface area contributed by atoms with Crippen LogP contribution in [-0.2, 0) is 6.54 Å². The van der Waals surface area contributed by atoms with Crippen LogP contribution in [0.5, 0.6) is 5.88 Å². The van der Waals surface area contributed by atoms with Gasteiger partial charge in [-0.15, -0.1) is 0 Å². The summed E-state index contributed by atoms with van der Waals surface area (Å²) in [7, 11) is 0. The van der Waals surface area contributed by atoms with Gasteiger partial charge in [0.15, 0.2) is 0 Å². The molecule has 0 saturated heterocycles. The normalized spacial score (nSPS) is 17.4.